The van der Waals surface area contributed by atoms with Gasteiger partial charge in [0.2, 0.25) is 0 Å². The van der Waals surface area contributed by atoms with Gasteiger partial charge < -0.3 is 0 Å². The van der Waals surface area contributed by atoms with Crippen LogP contribution in [-0.4, -0.2) is 5.88 Å². The Morgan fingerprint density at radius 2 is 2.29 bits per heavy atom. The van der Waals surface area contributed by atoms with Crippen LogP contribution in [0.15, 0.2) is 15.9 Å². The van der Waals surface area contributed by atoms with Crippen LogP contribution in [-0.2, 0) is 6.42 Å². The third-order valence-corrected chi connectivity index (χ3v) is 5.31. The Bertz CT molecular complexity index is 319. The maximum absolute atomic E-state index is 6.09. The maximum atomic E-state index is 6.09. The van der Waals surface area contributed by atoms with Crippen LogP contribution in [0, 0.1) is 11.3 Å². The molecule has 0 spiro atoms. The summed E-state index contributed by atoms with van der Waals surface area (Å²) in [6.45, 7) is 2.32. The van der Waals surface area contributed by atoms with Gasteiger partial charge in [-0.3, -0.25) is 0 Å². The zero-order valence-corrected chi connectivity index (χ0v) is 11.4. The third kappa shape index (κ3) is 2.34. The molecule has 1 aromatic rings. The van der Waals surface area contributed by atoms with Crippen LogP contribution >= 0.6 is 38.9 Å². The molecule has 1 heterocycles. The Morgan fingerprint density at radius 1 is 1.57 bits per heavy atom. The molecular weight excluding hydrogens is 280 g/mol. The van der Waals surface area contributed by atoms with E-state index in [1.165, 1.54) is 21.5 Å². The highest BCUT2D eigenvalue weighted by Gasteiger charge is 2.40. The predicted octanol–water partition coefficient (Wildman–Crippen LogP) is 4.71. The lowest BCUT2D eigenvalue weighted by atomic mass is 9.83. The quantitative estimate of drug-likeness (QED) is 0.705. The Balaban J connectivity index is 2.07. The van der Waals surface area contributed by atoms with Crippen LogP contribution in [0.5, 0.6) is 0 Å². The zero-order chi connectivity index (χ0) is 10.2. The molecule has 1 atom stereocenters. The lowest BCUT2D eigenvalue weighted by Gasteiger charge is -2.26. The third-order valence-electron chi connectivity index (χ3n) is 3.08. The van der Waals surface area contributed by atoms with Crippen molar-refractivity contribution in [2.24, 2.45) is 11.3 Å². The summed E-state index contributed by atoms with van der Waals surface area (Å²) >= 11 is 11.4. The summed E-state index contributed by atoms with van der Waals surface area (Å²) in [5.74, 6) is 1.65. The fourth-order valence-electron chi connectivity index (χ4n) is 1.93. The first-order valence-corrected chi connectivity index (χ1v) is 7.09. The molecule has 1 unspecified atom stereocenters. The van der Waals surface area contributed by atoms with Crippen molar-refractivity contribution >= 4 is 38.9 Å². The fraction of sp³-hybridized carbons (Fsp3) is 0.636. The highest BCUT2D eigenvalue weighted by Crippen LogP contribution is 2.48. The van der Waals surface area contributed by atoms with Gasteiger partial charge in [-0.2, -0.15) is 0 Å². The van der Waals surface area contributed by atoms with E-state index < -0.39 is 0 Å². The molecule has 0 aliphatic heterocycles. The largest absolute Gasteiger partial charge is 0.133 e. The molecule has 0 aromatic carbocycles. The fourth-order valence-corrected chi connectivity index (χ4v) is 3.92. The van der Waals surface area contributed by atoms with Crippen molar-refractivity contribution in [3.63, 3.8) is 0 Å². The van der Waals surface area contributed by atoms with Crippen LogP contribution in [0.25, 0.3) is 0 Å². The molecule has 0 radical (unpaired) electrons. The number of hydrogen-bond acceptors (Lipinski definition) is 1. The van der Waals surface area contributed by atoms with Crippen molar-refractivity contribution < 1.29 is 0 Å². The van der Waals surface area contributed by atoms with Crippen molar-refractivity contribution in [2.75, 3.05) is 5.88 Å². The van der Waals surface area contributed by atoms with Crippen LogP contribution in [0.2, 0.25) is 0 Å². The second-order valence-corrected chi connectivity index (χ2v) is 7.26. The summed E-state index contributed by atoms with van der Waals surface area (Å²) in [6.07, 6.45) is 3.88. The van der Waals surface area contributed by atoms with Gasteiger partial charge in [0, 0.05) is 10.8 Å². The SMILES string of the molecule is CC(CCl)(Cc1ccc(Br)s1)C1CC1. The van der Waals surface area contributed by atoms with E-state index in [0.717, 1.165) is 18.2 Å². The molecular formula is C11H14BrClS. The van der Waals surface area contributed by atoms with Gasteiger partial charge in [-0.25, -0.2) is 0 Å². The average molecular weight is 294 g/mol. The highest BCUT2D eigenvalue weighted by atomic mass is 79.9. The molecule has 0 bridgehead atoms. The lowest BCUT2D eigenvalue weighted by molar-refractivity contribution is 0.316. The summed E-state index contributed by atoms with van der Waals surface area (Å²) in [5.41, 5.74) is 0.325. The summed E-state index contributed by atoms with van der Waals surface area (Å²) < 4.78 is 1.22. The number of rotatable bonds is 4. The summed E-state index contributed by atoms with van der Waals surface area (Å²) in [7, 11) is 0. The second-order valence-electron chi connectivity index (χ2n) is 4.44. The standard InChI is InChI=1S/C11H14BrClS/c1-11(7-13,8-2-3-8)6-9-4-5-10(12)14-9/h4-5,8H,2-3,6-7H2,1H3. The Morgan fingerprint density at radius 3 is 2.71 bits per heavy atom. The molecule has 0 amide bonds. The molecule has 2 rings (SSSR count). The van der Waals surface area contributed by atoms with E-state index >= 15 is 0 Å². The Hall–Kier alpha value is 0.470. The van der Waals surface area contributed by atoms with Gasteiger partial charge in [-0.05, 0) is 58.7 Å². The van der Waals surface area contributed by atoms with Crippen molar-refractivity contribution in [3.8, 4) is 0 Å². The van der Waals surface area contributed by atoms with Crippen LogP contribution in [0.4, 0.5) is 0 Å². The van der Waals surface area contributed by atoms with E-state index in [1.54, 1.807) is 0 Å². The van der Waals surface area contributed by atoms with Gasteiger partial charge in [-0.15, -0.1) is 22.9 Å². The van der Waals surface area contributed by atoms with E-state index in [0.29, 0.717) is 5.41 Å². The smallest absolute Gasteiger partial charge is 0.0701 e. The molecule has 1 saturated carbocycles. The van der Waals surface area contributed by atoms with Crippen LogP contribution < -0.4 is 0 Å². The first-order chi connectivity index (χ1) is 6.64. The summed E-state index contributed by atoms with van der Waals surface area (Å²) in [5, 5.41) is 0. The highest BCUT2D eigenvalue weighted by molar-refractivity contribution is 9.11. The molecule has 1 aromatic heterocycles. The topological polar surface area (TPSA) is 0 Å². The monoisotopic (exact) mass is 292 g/mol. The number of halogens is 2. The van der Waals surface area contributed by atoms with Crippen LogP contribution in [0.3, 0.4) is 0 Å². The molecule has 78 valence electrons. The maximum Gasteiger partial charge on any atom is 0.0701 e. The van der Waals surface area contributed by atoms with Gasteiger partial charge in [-0.1, -0.05) is 6.92 Å². The minimum Gasteiger partial charge on any atom is -0.133 e. The molecule has 0 nitrogen and oxygen atoms in total. The molecule has 1 fully saturated rings. The molecule has 1 aliphatic rings. The molecule has 0 saturated heterocycles. The summed E-state index contributed by atoms with van der Waals surface area (Å²) in [4.78, 5) is 1.45. The van der Waals surface area contributed by atoms with Gasteiger partial charge in [0.05, 0.1) is 3.79 Å². The zero-order valence-electron chi connectivity index (χ0n) is 8.22. The van der Waals surface area contributed by atoms with E-state index in [1.807, 2.05) is 11.3 Å². The minimum absolute atomic E-state index is 0.325. The first kappa shape index (κ1) is 11.0. The van der Waals surface area contributed by atoms with Crippen molar-refractivity contribution in [3.05, 3.63) is 20.8 Å². The van der Waals surface area contributed by atoms with E-state index in [-0.39, 0.29) is 0 Å². The summed E-state index contributed by atoms with van der Waals surface area (Å²) in [6, 6.07) is 4.34. The molecule has 1 aliphatic carbocycles. The van der Waals surface area contributed by atoms with E-state index in [4.69, 9.17) is 11.6 Å². The van der Waals surface area contributed by atoms with Gasteiger partial charge in [0.1, 0.15) is 0 Å². The molecule has 14 heavy (non-hydrogen) atoms. The number of thiophene rings is 1. The average Bonchev–Trinajstić information content (AvgIpc) is 2.93. The van der Waals surface area contributed by atoms with E-state index in [9.17, 15) is 0 Å². The second kappa shape index (κ2) is 4.15. The van der Waals surface area contributed by atoms with Gasteiger partial charge in [0.15, 0.2) is 0 Å². The Labute approximate surface area is 103 Å². The molecule has 0 N–H and O–H groups in total. The van der Waals surface area contributed by atoms with Gasteiger partial charge >= 0.3 is 0 Å². The Kier molecular flexibility index (Phi) is 3.25. The predicted molar refractivity (Wildman–Crippen MR) is 67.3 cm³/mol. The number of hydrogen-bond donors (Lipinski definition) is 0. The lowest BCUT2D eigenvalue weighted by Crippen LogP contribution is -2.23. The van der Waals surface area contributed by atoms with Crippen molar-refractivity contribution in [1.82, 2.24) is 0 Å². The number of alkyl halides is 1. The molecule has 3 heteroatoms. The minimum atomic E-state index is 0.325. The van der Waals surface area contributed by atoms with Gasteiger partial charge in [0.25, 0.3) is 0 Å². The first-order valence-electron chi connectivity index (χ1n) is 4.94. The van der Waals surface area contributed by atoms with Crippen LogP contribution in [0.1, 0.15) is 24.6 Å². The van der Waals surface area contributed by atoms with Crippen molar-refractivity contribution in [1.29, 1.82) is 0 Å². The normalized spacial score (nSPS) is 20.8. The van der Waals surface area contributed by atoms with Crippen molar-refractivity contribution in [2.45, 2.75) is 26.2 Å². The van der Waals surface area contributed by atoms with E-state index in [2.05, 4.69) is 35.0 Å².